The van der Waals surface area contributed by atoms with Gasteiger partial charge in [0.15, 0.2) is 0 Å². The molecule has 0 heterocycles. The number of hydrogen-bond donors (Lipinski definition) is 1. The Balaban J connectivity index is 1.98. The van der Waals surface area contributed by atoms with Gasteiger partial charge in [0, 0.05) is 6.04 Å². The van der Waals surface area contributed by atoms with Gasteiger partial charge in [0.05, 0.1) is 0 Å². The molecular formula is C16H25NO. The summed E-state index contributed by atoms with van der Waals surface area (Å²) in [5.74, 6) is 1.60. The molecule has 18 heavy (non-hydrogen) atoms. The van der Waals surface area contributed by atoms with Crippen molar-refractivity contribution in [2.45, 2.75) is 58.1 Å². The fourth-order valence-corrected chi connectivity index (χ4v) is 2.77. The number of ether oxygens (including phenoxy) is 1. The lowest BCUT2D eigenvalue weighted by molar-refractivity contribution is 0.204. The molecule has 0 bridgehead atoms. The molecule has 0 aromatic heterocycles. The number of para-hydroxylation sites is 1. The van der Waals surface area contributed by atoms with Gasteiger partial charge in [-0.25, -0.2) is 0 Å². The van der Waals surface area contributed by atoms with Gasteiger partial charge in [-0.3, -0.25) is 0 Å². The average Bonchev–Trinajstić information content (AvgIpc) is 2.77. The molecule has 1 fully saturated rings. The second-order valence-electron chi connectivity index (χ2n) is 5.50. The SMILES string of the molecule is CCNC1CCC(Oc2ccccc2C(C)C)C1. The Bertz CT molecular complexity index is 375. The molecule has 1 aliphatic carbocycles. The molecule has 0 saturated heterocycles. The van der Waals surface area contributed by atoms with Crippen LogP contribution in [0.15, 0.2) is 24.3 Å². The predicted octanol–water partition coefficient (Wildman–Crippen LogP) is 3.72. The topological polar surface area (TPSA) is 21.3 Å². The van der Waals surface area contributed by atoms with Crippen molar-refractivity contribution in [3.05, 3.63) is 29.8 Å². The van der Waals surface area contributed by atoms with Crippen molar-refractivity contribution in [2.75, 3.05) is 6.54 Å². The van der Waals surface area contributed by atoms with Crippen LogP contribution in [0.3, 0.4) is 0 Å². The lowest BCUT2D eigenvalue weighted by atomic mass is 10.0. The Labute approximate surface area is 111 Å². The van der Waals surface area contributed by atoms with Crippen molar-refractivity contribution in [3.8, 4) is 5.75 Å². The summed E-state index contributed by atoms with van der Waals surface area (Å²) >= 11 is 0. The lowest BCUT2D eigenvalue weighted by Crippen LogP contribution is -2.27. The van der Waals surface area contributed by atoms with Crippen LogP contribution in [0.1, 0.15) is 51.5 Å². The monoisotopic (exact) mass is 247 g/mol. The van der Waals surface area contributed by atoms with Crippen LogP contribution in [0.4, 0.5) is 0 Å². The summed E-state index contributed by atoms with van der Waals surface area (Å²) in [4.78, 5) is 0. The summed E-state index contributed by atoms with van der Waals surface area (Å²) < 4.78 is 6.20. The summed E-state index contributed by atoms with van der Waals surface area (Å²) in [5.41, 5.74) is 1.32. The molecule has 0 aliphatic heterocycles. The molecule has 2 nitrogen and oxygen atoms in total. The van der Waals surface area contributed by atoms with E-state index < -0.39 is 0 Å². The van der Waals surface area contributed by atoms with E-state index in [-0.39, 0.29) is 0 Å². The van der Waals surface area contributed by atoms with Gasteiger partial charge >= 0.3 is 0 Å². The molecule has 1 aromatic rings. The second-order valence-corrected chi connectivity index (χ2v) is 5.50. The maximum absolute atomic E-state index is 6.20. The van der Waals surface area contributed by atoms with Crippen molar-refractivity contribution in [2.24, 2.45) is 0 Å². The smallest absolute Gasteiger partial charge is 0.123 e. The summed E-state index contributed by atoms with van der Waals surface area (Å²) in [6, 6.07) is 9.09. The molecule has 1 aliphatic rings. The molecule has 0 radical (unpaired) electrons. The van der Waals surface area contributed by atoms with Crippen LogP contribution in [-0.2, 0) is 0 Å². The highest BCUT2D eigenvalue weighted by Gasteiger charge is 2.26. The molecule has 1 N–H and O–H groups in total. The minimum atomic E-state index is 0.383. The third kappa shape index (κ3) is 3.26. The predicted molar refractivity (Wildman–Crippen MR) is 76.3 cm³/mol. The Morgan fingerprint density at radius 3 is 2.78 bits per heavy atom. The third-order valence-corrected chi connectivity index (χ3v) is 3.71. The number of benzene rings is 1. The summed E-state index contributed by atoms with van der Waals surface area (Å²) in [6.45, 7) is 7.67. The van der Waals surface area contributed by atoms with Gasteiger partial charge in [-0.2, -0.15) is 0 Å². The van der Waals surface area contributed by atoms with Crippen LogP contribution >= 0.6 is 0 Å². The van der Waals surface area contributed by atoms with E-state index in [4.69, 9.17) is 4.74 Å². The molecule has 2 heteroatoms. The average molecular weight is 247 g/mol. The van der Waals surface area contributed by atoms with Crippen LogP contribution in [-0.4, -0.2) is 18.7 Å². The molecule has 1 aromatic carbocycles. The number of rotatable bonds is 5. The van der Waals surface area contributed by atoms with Gasteiger partial charge < -0.3 is 10.1 Å². The van der Waals surface area contributed by atoms with Crippen molar-refractivity contribution in [1.29, 1.82) is 0 Å². The zero-order valence-electron chi connectivity index (χ0n) is 11.8. The summed E-state index contributed by atoms with van der Waals surface area (Å²) in [5, 5.41) is 3.52. The first-order chi connectivity index (χ1) is 8.70. The van der Waals surface area contributed by atoms with Crippen molar-refractivity contribution < 1.29 is 4.74 Å². The zero-order chi connectivity index (χ0) is 13.0. The van der Waals surface area contributed by atoms with Crippen LogP contribution in [0.5, 0.6) is 5.75 Å². The molecule has 1 saturated carbocycles. The van der Waals surface area contributed by atoms with E-state index in [1.807, 2.05) is 0 Å². The number of nitrogens with one attached hydrogen (secondary N) is 1. The van der Waals surface area contributed by atoms with Crippen LogP contribution in [0, 0.1) is 0 Å². The van der Waals surface area contributed by atoms with E-state index in [0.717, 1.165) is 18.7 Å². The van der Waals surface area contributed by atoms with Gasteiger partial charge in [-0.15, -0.1) is 0 Å². The molecule has 2 rings (SSSR count). The van der Waals surface area contributed by atoms with E-state index in [2.05, 4.69) is 50.4 Å². The van der Waals surface area contributed by atoms with E-state index in [1.165, 1.54) is 18.4 Å². The van der Waals surface area contributed by atoms with Gasteiger partial charge in [0.1, 0.15) is 11.9 Å². The van der Waals surface area contributed by atoms with Crippen molar-refractivity contribution in [3.63, 3.8) is 0 Å². The lowest BCUT2D eigenvalue weighted by Gasteiger charge is -2.18. The fraction of sp³-hybridized carbons (Fsp3) is 0.625. The maximum atomic E-state index is 6.20. The molecule has 0 spiro atoms. The first-order valence-corrected chi connectivity index (χ1v) is 7.19. The molecule has 2 atom stereocenters. The van der Waals surface area contributed by atoms with Gasteiger partial charge in [-0.1, -0.05) is 39.0 Å². The van der Waals surface area contributed by atoms with Crippen molar-refractivity contribution in [1.82, 2.24) is 5.32 Å². The van der Waals surface area contributed by atoms with Crippen LogP contribution in [0.2, 0.25) is 0 Å². The first kappa shape index (κ1) is 13.4. The van der Waals surface area contributed by atoms with Crippen LogP contribution in [0.25, 0.3) is 0 Å². The highest BCUT2D eigenvalue weighted by molar-refractivity contribution is 5.35. The second kappa shape index (κ2) is 6.24. The van der Waals surface area contributed by atoms with Gasteiger partial charge in [0.2, 0.25) is 0 Å². The molecule has 100 valence electrons. The van der Waals surface area contributed by atoms with E-state index in [9.17, 15) is 0 Å². The van der Waals surface area contributed by atoms with E-state index >= 15 is 0 Å². The van der Waals surface area contributed by atoms with Gasteiger partial charge in [-0.05, 0) is 43.4 Å². The minimum absolute atomic E-state index is 0.383. The number of hydrogen-bond acceptors (Lipinski definition) is 2. The highest BCUT2D eigenvalue weighted by atomic mass is 16.5. The Kier molecular flexibility index (Phi) is 4.65. The zero-order valence-corrected chi connectivity index (χ0v) is 11.8. The third-order valence-electron chi connectivity index (χ3n) is 3.71. The standard InChI is InChI=1S/C16H25NO/c1-4-17-13-9-10-14(11-13)18-16-8-6-5-7-15(16)12(2)3/h5-8,12-14,17H,4,9-11H2,1-3H3. The normalized spacial score (nSPS) is 23.6. The summed E-state index contributed by atoms with van der Waals surface area (Å²) in [7, 11) is 0. The molecular weight excluding hydrogens is 222 g/mol. The fourth-order valence-electron chi connectivity index (χ4n) is 2.77. The van der Waals surface area contributed by atoms with E-state index in [1.54, 1.807) is 0 Å². The van der Waals surface area contributed by atoms with Crippen LogP contribution < -0.4 is 10.1 Å². The summed E-state index contributed by atoms with van der Waals surface area (Å²) in [6.07, 6.45) is 3.93. The Morgan fingerprint density at radius 2 is 2.06 bits per heavy atom. The Morgan fingerprint density at radius 1 is 1.28 bits per heavy atom. The maximum Gasteiger partial charge on any atom is 0.123 e. The quantitative estimate of drug-likeness (QED) is 0.856. The minimum Gasteiger partial charge on any atom is -0.490 e. The molecule has 0 amide bonds. The first-order valence-electron chi connectivity index (χ1n) is 7.19. The van der Waals surface area contributed by atoms with E-state index in [0.29, 0.717) is 18.1 Å². The van der Waals surface area contributed by atoms with Gasteiger partial charge in [0.25, 0.3) is 0 Å². The van der Waals surface area contributed by atoms with Crippen molar-refractivity contribution >= 4 is 0 Å². The Hall–Kier alpha value is -1.02. The molecule has 2 unspecified atom stereocenters. The highest BCUT2D eigenvalue weighted by Crippen LogP contribution is 2.30. The largest absolute Gasteiger partial charge is 0.490 e.